The Bertz CT molecular complexity index is 1100. The van der Waals surface area contributed by atoms with Crippen molar-refractivity contribution in [2.24, 2.45) is 5.92 Å². The molecule has 9 heteroatoms. The van der Waals surface area contributed by atoms with Crippen LogP contribution < -0.4 is 10.1 Å². The second kappa shape index (κ2) is 10.8. The molecule has 0 fully saturated rings. The van der Waals surface area contributed by atoms with Gasteiger partial charge in [-0.3, -0.25) is 9.59 Å². The maximum atomic E-state index is 12.9. The molecule has 0 spiro atoms. The third kappa shape index (κ3) is 5.21. The summed E-state index contributed by atoms with van der Waals surface area (Å²) in [4.78, 5) is 25.4. The highest BCUT2D eigenvalue weighted by atomic mass is 35.5. The predicted molar refractivity (Wildman–Crippen MR) is 124 cm³/mol. The summed E-state index contributed by atoms with van der Waals surface area (Å²) in [6.45, 7) is 2.27. The number of carbonyl (C=O) groups is 2. The number of nitriles is 1. The molecule has 0 aromatic heterocycles. The number of rotatable bonds is 7. The van der Waals surface area contributed by atoms with E-state index in [1.165, 1.54) is 18.9 Å². The highest BCUT2D eigenvalue weighted by Gasteiger charge is 2.44. The summed E-state index contributed by atoms with van der Waals surface area (Å²) >= 11 is 13.6. The molecule has 0 bridgehead atoms. The third-order valence-electron chi connectivity index (χ3n) is 4.90. The fourth-order valence-corrected chi connectivity index (χ4v) is 4.77. The molecule has 1 aliphatic rings. The van der Waals surface area contributed by atoms with Gasteiger partial charge in [0.1, 0.15) is 11.7 Å². The van der Waals surface area contributed by atoms with Gasteiger partial charge in [-0.15, -0.1) is 11.8 Å². The van der Waals surface area contributed by atoms with Crippen LogP contribution in [0.15, 0.2) is 53.1 Å². The van der Waals surface area contributed by atoms with Crippen molar-refractivity contribution in [1.82, 2.24) is 5.32 Å². The third-order valence-corrected chi connectivity index (χ3v) is 6.53. The highest BCUT2D eigenvalue weighted by Crippen LogP contribution is 2.42. The van der Waals surface area contributed by atoms with E-state index in [0.29, 0.717) is 38.7 Å². The van der Waals surface area contributed by atoms with Crippen LogP contribution >= 0.6 is 35.0 Å². The van der Waals surface area contributed by atoms with E-state index in [9.17, 15) is 14.9 Å². The number of nitrogens with zero attached hydrogens (tertiary/aromatic N) is 1. The van der Waals surface area contributed by atoms with Gasteiger partial charge in [0.2, 0.25) is 5.91 Å². The standard InChI is InChI=1S/C23H20Cl2N2O4S/c1-3-31-18-9-6-14(10-17(18)25)19-16(11-26)22(27-21(28)20(19)23(29)30-2)32-12-13-4-7-15(24)8-5-13/h4-10,19-20H,3,12H2,1-2H3,(H,27,28)/t19-,20+/m0/s1. The average Bonchev–Trinajstić information content (AvgIpc) is 2.79. The number of thioether (sulfide) groups is 1. The predicted octanol–water partition coefficient (Wildman–Crippen LogP) is 5.06. The smallest absolute Gasteiger partial charge is 0.319 e. The molecule has 0 saturated heterocycles. The van der Waals surface area contributed by atoms with Crippen molar-refractivity contribution in [2.45, 2.75) is 18.6 Å². The first-order valence-electron chi connectivity index (χ1n) is 9.72. The van der Waals surface area contributed by atoms with Gasteiger partial charge < -0.3 is 14.8 Å². The number of benzene rings is 2. The van der Waals surface area contributed by atoms with Gasteiger partial charge in [-0.25, -0.2) is 0 Å². The molecular weight excluding hydrogens is 471 g/mol. The fourth-order valence-electron chi connectivity index (χ4n) is 3.40. The largest absolute Gasteiger partial charge is 0.492 e. The van der Waals surface area contributed by atoms with E-state index in [4.69, 9.17) is 32.7 Å². The molecule has 2 aromatic carbocycles. The molecule has 1 N–H and O–H groups in total. The van der Waals surface area contributed by atoms with Crippen LogP contribution in [0.1, 0.15) is 24.0 Å². The molecule has 1 heterocycles. The van der Waals surface area contributed by atoms with Gasteiger partial charge in [0.25, 0.3) is 0 Å². The van der Waals surface area contributed by atoms with Crippen LogP contribution in [0.4, 0.5) is 0 Å². The molecule has 32 heavy (non-hydrogen) atoms. The molecule has 2 atom stereocenters. The number of nitrogens with one attached hydrogen (secondary N) is 1. The van der Waals surface area contributed by atoms with E-state index in [1.807, 2.05) is 19.1 Å². The van der Waals surface area contributed by atoms with Crippen molar-refractivity contribution in [3.05, 3.63) is 74.2 Å². The topological polar surface area (TPSA) is 88.4 Å². The van der Waals surface area contributed by atoms with E-state index >= 15 is 0 Å². The van der Waals surface area contributed by atoms with Gasteiger partial charge in [0.05, 0.1) is 35.4 Å². The first-order valence-corrected chi connectivity index (χ1v) is 11.5. The van der Waals surface area contributed by atoms with E-state index in [1.54, 1.807) is 30.3 Å². The van der Waals surface area contributed by atoms with Crippen LogP contribution in [-0.4, -0.2) is 25.6 Å². The van der Waals surface area contributed by atoms with Crippen molar-refractivity contribution >= 4 is 46.8 Å². The van der Waals surface area contributed by atoms with Crippen LogP contribution in [0.25, 0.3) is 0 Å². The zero-order valence-corrected chi connectivity index (χ0v) is 19.7. The summed E-state index contributed by atoms with van der Waals surface area (Å²) < 4.78 is 10.3. The maximum absolute atomic E-state index is 12.9. The number of methoxy groups -OCH3 is 1. The molecule has 3 rings (SSSR count). The van der Waals surface area contributed by atoms with Gasteiger partial charge in [0, 0.05) is 16.7 Å². The Balaban J connectivity index is 2.03. The first kappa shape index (κ1) is 24.0. The van der Waals surface area contributed by atoms with Crippen molar-refractivity contribution in [1.29, 1.82) is 5.26 Å². The van der Waals surface area contributed by atoms with Crippen LogP contribution in [0, 0.1) is 17.2 Å². The van der Waals surface area contributed by atoms with E-state index < -0.39 is 23.7 Å². The SMILES string of the molecule is CCOc1ccc([C@H]2C(C#N)=C(SCc3ccc(Cl)cc3)NC(=O)[C@@H]2C(=O)OC)cc1Cl. The Labute approximate surface area is 200 Å². The van der Waals surface area contributed by atoms with Gasteiger partial charge >= 0.3 is 5.97 Å². The number of allylic oxidation sites excluding steroid dienone is 1. The summed E-state index contributed by atoms with van der Waals surface area (Å²) in [6.07, 6.45) is 0. The summed E-state index contributed by atoms with van der Waals surface area (Å²) in [7, 11) is 1.21. The van der Waals surface area contributed by atoms with E-state index in [2.05, 4.69) is 11.4 Å². The minimum Gasteiger partial charge on any atom is -0.492 e. The number of amides is 1. The van der Waals surface area contributed by atoms with E-state index in [-0.39, 0.29) is 5.57 Å². The number of hydrogen-bond acceptors (Lipinski definition) is 6. The lowest BCUT2D eigenvalue weighted by atomic mass is 9.78. The number of carbonyl (C=O) groups excluding carboxylic acids is 2. The maximum Gasteiger partial charge on any atom is 0.319 e. The monoisotopic (exact) mass is 490 g/mol. The fraction of sp³-hybridized carbons (Fsp3) is 0.261. The highest BCUT2D eigenvalue weighted by molar-refractivity contribution is 8.02. The second-order valence-electron chi connectivity index (χ2n) is 6.86. The minimum atomic E-state index is -1.22. The number of esters is 1. The molecule has 6 nitrogen and oxygen atoms in total. The Morgan fingerprint density at radius 1 is 1.22 bits per heavy atom. The zero-order chi connectivity index (χ0) is 23.3. The summed E-state index contributed by atoms with van der Waals surface area (Å²) in [5.74, 6) is -2.35. The van der Waals surface area contributed by atoms with Crippen molar-refractivity contribution in [3.63, 3.8) is 0 Å². The Morgan fingerprint density at radius 3 is 2.53 bits per heavy atom. The van der Waals surface area contributed by atoms with Crippen LogP contribution in [-0.2, 0) is 20.1 Å². The van der Waals surface area contributed by atoms with Gasteiger partial charge in [-0.05, 0) is 42.3 Å². The summed E-state index contributed by atoms with van der Waals surface area (Å²) in [5, 5.41) is 14.0. The number of halogens is 2. The van der Waals surface area contributed by atoms with Gasteiger partial charge in [-0.2, -0.15) is 5.26 Å². The van der Waals surface area contributed by atoms with Crippen LogP contribution in [0.5, 0.6) is 5.75 Å². The number of ether oxygens (including phenoxy) is 2. The molecule has 0 unspecified atom stereocenters. The molecule has 166 valence electrons. The Morgan fingerprint density at radius 2 is 1.94 bits per heavy atom. The Kier molecular flexibility index (Phi) is 8.08. The molecular formula is C23H20Cl2N2O4S. The molecule has 0 radical (unpaired) electrons. The van der Waals surface area contributed by atoms with Crippen LogP contribution in [0.2, 0.25) is 10.0 Å². The van der Waals surface area contributed by atoms with Gasteiger partial charge in [0.15, 0.2) is 0 Å². The lowest BCUT2D eigenvalue weighted by Gasteiger charge is -2.31. The lowest BCUT2D eigenvalue weighted by Crippen LogP contribution is -2.44. The van der Waals surface area contributed by atoms with Crippen molar-refractivity contribution in [2.75, 3.05) is 13.7 Å². The van der Waals surface area contributed by atoms with Crippen molar-refractivity contribution < 1.29 is 19.1 Å². The average molecular weight is 491 g/mol. The van der Waals surface area contributed by atoms with Crippen molar-refractivity contribution in [3.8, 4) is 11.8 Å². The van der Waals surface area contributed by atoms with Gasteiger partial charge in [-0.1, -0.05) is 41.4 Å². The number of hydrogen-bond donors (Lipinski definition) is 1. The van der Waals surface area contributed by atoms with Crippen LogP contribution in [0.3, 0.4) is 0 Å². The first-order chi connectivity index (χ1) is 15.4. The minimum absolute atomic E-state index is 0.263. The van der Waals surface area contributed by atoms with E-state index in [0.717, 1.165) is 5.56 Å². The zero-order valence-electron chi connectivity index (χ0n) is 17.4. The molecule has 0 saturated carbocycles. The summed E-state index contributed by atoms with van der Waals surface area (Å²) in [5.41, 5.74) is 1.78. The lowest BCUT2D eigenvalue weighted by molar-refractivity contribution is -0.150. The molecule has 0 aliphatic carbocycles. The molecule has 1 amide bonds. The normalized spacial score (nSPS) is 18.0. The molecule has 1 aliphatic heterocycles. The quantitative estimate of drug-likeness (QED) is 0.430. The summed E-state index contributed by atoms with van der Waals surface area (Å²) in [6, 6.07) is 14.4. The molecule has 2 aromatic rings. The second-order valence-corrected chi connectivity index (χ2v) is 8.69. The Hall–Kier alpha value is -2.66.